The molecule has 6 rings (SSSR count). The van der Waals surface area contributed by atoms with E-state index in [-0.39, 0.29) is 23.3 Å². The summed E-state index contributed by atoms with van der Waals surface area (Å²) in [5.74, 6) is -0.202. The Morgan fingerprint density at radius 3 is 2.53 bits per heavy atom. The Kier molecular flexibility index (Phi) is 8.63. The van der Waals surface area contributed by atoms with Crippen molar-refractivity contribution in [3.8, 4) is 22.6 Å². The molecule has 7 nitrogen and oxygen atoms in total. The third kappa shape index (κ3) is 6.86. The molecule has 1 unspecified atom stereocenters. The molecule has 2 fully saturated rings. The maximum absolute atomic E-state index is 13.4. The normalized spacial score (nSPS) is 20.2. The standard InChI is InChI=1S/C35H42F3N3O4/c1-4-15-41-21-28(20-39-41)26-9-10-30(45-35(36,37)38)29(18-26)23(3)40-16-13-34(14-17-40)12-11-24-5-8-27(19-31(24)44-34)32(25-6-7-25)22(2)33(42)43/h5,8-10,18-23,25,32H,4,6-7,11-17H2,1-3H3,(H,42,43)/t22-,23?,32-/m0/s1. The number of hydrogen-bond donors (Lipinski definition) is 1. The van der Waals surface area contributed by atoms with Crippen LogP contribution in [0.25, 0.3) is 11.1 Å². The molecule has 2 aliphatic heterocycles. The summed E-state index contributed by atoms with van der Waals surface area (Å²) in [4.78, 5) is 14.1. The van der Waals surface area contributed by atoms with E-state index in [1.807, 2.05) is 17.8 Å². The summed E-state index contributed by atoms with van der Waals surface area (Å²) in [6, 6.07) is 10.8. The van der Waals surface area contributed by atoms with E-state index in [1.54, 1.807) is 25.3 Å². The second kappa shape index (κ2) is 12.3. The van der Waals surface area contributed by atoms with Crippen LogP contribution < -0.4 is 9.47 Å². The van der Waals surface area contributed by atoms with E-state index in [4.69, 9.17) is 4.74 Å². The maximum Gasteiger partial charge on any atom is 0.573 e. The molecule has 1 saturated carbocycles. The van der Waals surface area contributed by atoms with Gasteiger partial charge in [-0.25, -0.2) is 0 Å². The quantitative estimate of drug-likeness (QED) is 0.246. The molecule has 3 atom stereocenters. The number of piperidine rings is 1. The first kappa shape index (κ1) is 31.5. The van der Waals surface area contributed by atoms with Gasteiger partial charge in [-0.2, -0.15) is 5.10 Å². The molecule has 3 heterocycles. The van der Waals surface area contributed by atoms with Crippen molar-refractivity contribution in [2.75, 3.05) is 13.1 Å². The molecule has 1 saturated heterocycles. The van der Waals surface area contributed by atoms with Gasteiger partial charge in [-0.05, 0) is 98.6 Å². The van der Waals surface area contributed by atoms with Gasteiger partial charge in [0.15, 0.2) is 0 Å². The summed E-state index contributed by atoms with van der Waals surface area (Å²) >= 11 is 0. The number of carboxylic acid groups (broad SMARTS) is 1. The topological polar surface area (TPSA) is 76.8 Å². The van der Waals surface area contributed by atoms with Crippen LogP contribution in [-0.2, 0) is 17.8 Å². The summed E-state index contributed by atoms with van der Waals surface area (Å²) in [6.45, 7) is 7.90. The Morgan fingerprint density at radius 2 is 1.87 bits per heavy atom. The van der Waals surface area contributed by atoms with Gasteiger partial charge in [-0.3, -0.25) is 14.4 Å². The van der Waals surface area contributed by atoms with E-state index in [0.717, 1.165) is 79.5 Å². The lowest BCUT2D eigenvalue weighted by Crippen LogP contribution is -2.50. The van der Waals surface area contributed by atoms with Crippen LogP contribution >= 0.6 is 0 Å². The van der Waals surface area contributed by atoms with Crippen LogP contribution in [0.5, 0.6) is 11.5 Å². The molecular weight excluding hydrogens is 583 g/mol. The molecule has 1 aliphatic carbocycles. The average Bonchev–Trinajstić information content (AvgIpc) is 3.73. The predicted molar refractivity (Wildman–Crippen MR) is 164 cm³/mol. The molecule has 10 heteroatoms. The molecule has 0 radical (unpaired) electrons. The SMILES string of the molecule is CCCn1cc(-c2ccc(OC(F)(F)F)c(C(C)N3CCC4(CCc5ccc([C@H](C6CC6)[C@H](C)C(=O)O)cc5O4)CC3)c2)cn1. The lowest BCUT2D eigenvalue weighted by molar-refractivity contribution is -0.275. The van der Waals surface area contributed by atoms with Crippen molar-refractivity contribution in [1.82, 2.24) is 14.7 Å². The number of alkyl halides is 3. The van der Waals surface area contributed by atoms with Gasteiger partial charge in [-0.1, -0.05) is 32.0 Å². The van der Waals surface area contributed by atoms with E-state index >= 15 is 0 Å². The van der Waals surface area contributed by atoms with Crippen LogP contribution in [-0.4, -0.2) is 50.8 Å². The molecule has 242 valence electrons. The summed E-state index contributed by atoms with van der Waals surface area (Å²) in [5, 5.41) is 14.1. The Balaban J connectivity index is 1.19. The summed E-state index contributed by atoms with van der Waals surface area (Å²) < 4.78 is 53.3. The molecule has 0 amide bonds. The average molecular weight is 626 g/mol. The molecular formula is C35H42F3N3O4. The smallest absolute Gasteiger partial charge is 0.487 e. The third-order valence-electron chi connectivity index (χ3n) is 10.1. The Bertz CT molecular complexity index is 1520. The van der Waals surface area contributed by atoms with Gasteiger partial charge in [0.05, 0.1) is 12.1 Å². The molecule has 1 spiro atoms. The van der Waals surface area contributed by atoms with Crippen molar-refractivity contribution in [2.24, 2.45) is 11.8 Å². The van der Waals surface area contributed by atoms with Crippen molar-refractivity contribution in [3.63, 3.8) is 0 Å². The molecule has 3 aliphatic rings. The molecule has 1 N–H and O–H groups in total. The number of benzene rings is 2. The number of aliphatic carboxylic acids is 1. The minimum absolute atomic E-state index is 0.0261. The molecule has 0 bridgehead atoms. The van der Waals surface area contributed by atoms with Gasteiger partial charge in [0.2, 0.25) is 0 Å². The van der Waals surface area contributed by atoms with Crippen molar-refractivity contribution < 1.29 is 32.5 Å². The van der Waals surface area contributed by atoms with E-state index < -0.39 is 18.2 Å². The van der Waals surface area contributed by atoms with Crippen molar-refractivity contribution >= 4 is 5.97 Å². The minimum Gasteiger partial charge on any atom is -0.487 e. The zero-order chi connectivity index (χ0) is 31.9. The van der Waals surface area contributed by atoms with Crippen molar-refractivity contribution in [1.29, 1.82) is 0 Å². The number of hydrogen-bond acceptors (Lipinski definition) is 5. The number of halogens is 3. The summed E-state index contributed by atoms with van der Waals surface area (Å²) in [5.41, 5.74) is 3.96. The molecule has 1 aromatic heterocycles. The van der Waals surface area contributed by atoms with E-state index in [0.29, 0.717) is 24.6 Å². The highest BCUT2D eigenvalue weighted by molar-refractivity contribution is 5.71. The first-order chi connectivity index (χ1) is 21.4. The minimum atomic E-state index is -4.79. The highest BCUT2D eigenvalue weighted by Crippen LogP contribution is 2.49. The molecule has 3 aromatic rings. The number of carboxylic acids is 1. The zero-order valence-electron chi connectivity index (χ0n) is 26.1. The number of carbonyl (C=O) groups is 1. The van der Waals surface area contributed by atoms with Gasteiger partial charge in [-0.15, -0.1) is 13.2 Å². The largest absolute Gasteiger partial charge is 0.573 e. The van der Waals surface area contributed by atoms with Crippen LogP contribution in [0.2, 0.25) is 0 Å². The lowest BCUT2D eigenvalue weighted by atomic mass is 9.80. The number of likely N-dealkylation sites (tertiary alicyclic amines) is 1. The van der Waals surface area contributed by atoms with Gasteiger partial charge >= 0.3 is 12.3 Å². The first-order valence-corrected chi connectivity index (χ1v) is 16.2. The van der Waals surface area contributed by atoms with Crippen LogP contribution in [0.4, 0.5) is 13.2 Å². The number of nitrogens with zero attached hydrogens (tertiary/aromatic N) is 3. The fourth-order valence-electron chi connectivity index (χ4n) is 7.31. The van der Waals surface area contributed by atoms with Gasteiger partial charge in [0, 0.05) is 43.0 Å². The third-order valence-corrected chi connectivity index (χ3v) is 10.1. The second-order valence-electron chi connectivity index (χ2n) is 13.1. The lowest BCUT2D eigenvalue weighted by Gasteiger charge is -2.46. The fourth-order valence-corrected chi connectivity index (χ4v) is 7.31. The van der Waals surface area contributed by atoms with E-state index in [9.17, 15) is 23.1 Å². The highest BCUT2D eigenvalue weighted by Gasteiger charge is 2.43. The monoisotopic (exact) mass is 625 g/mol. The predicted octanol–water partition coefficient (Wildman–Crippen LogP) is 7.99. The first-order valence-electron chi connectivity index (χ1n) is 16.2. The Morgan fingerprint density at radius 1 is 1.11 bits per heavy atom. The maximum atomic E-state index is 13.4. The number of aryl methyl sites for hydroxylation is 2. The molecule has 45 heavy (non-hydrogen) atoms. The second-order valence-corrected chi connectivity index (χ2v) is 13.1. The summed E-state index contributed by atoms with van der Waals surface area (Å²) in [6.07, 6.45) is 5.16. The number of ether oxygens (including phenoxy) is 2. The van der Waals surface area contributed by atoms with Gasteiger partial charge < -0.3 is 14.6 Å². The van der Waals surface area contributed by atoms with Gasteiger partial charge in [0.25, 0.3) is 0 Å². The number of rotatable bonds is 10. The summed E-state index contributed by atoms with van der Waals surface area (Å²) in [7, 11) is 0. The Labute approximate surface area is 262 Å². The van der Waals surface area contributed by atoms with Crippen LogP contribution in [0.15, 0.2) is 48.8 Å². The van der Waals surface area contributed by atoms with Crippen molar-refractivity contribution in [2.45, 2.75) is 96.2 Å². The van der Waals surface area contributed by atoms with Crippen LogP contribution in [0.1, 0.15) is 87.9 Å². The van der Waals surface area contributed by atoms with Crippen LogP contribution in [0, 0.1) is 11.8 Å². The van der Waals surface area contributed by atoms with E-state index in [2.05, 4.69) is 39.9 Å². The van der Waals surface area contributed by atoms with Crippen molar-refractivity contribution in [3.05, 3.63) is 65.5 Å². The number of aromatic nitrogens is 2. The van der Waals surface area contributed by atoms with Gasteiger partial charge in [0.1, 0.15) is 17.1 Å². The highest BCUT2D eigenvalue weighted by atomic mass is 19.4. The van der Waals surface area contributed by atoms with E-state index in [1.165, 1.54) is 6.07 Å². The number of fused-ring (bicyclic) bond motifs is 1. The van der Waals surface area contributed by atoms with Crippen LogP contribution in [0.3, 0.4) is 0 Å². The fraction of sp³-hybridized carbons (Fsp3) is 0.543. The Hall–Kier alpha value is -3.53. The zero-order valence-corrected chi connectivity index (χ0v) is 26.1. The molecule has 2 aromatic carbocycles.